The molecular formula is C48H42N5OPtS+3. The zero-order valence-corrected chi connectivity index (χ0v) is 35.0. The fourth-order valence-electron chi connectivity index (χ4n) is 7.10. The van der Waals surface area contributed by atoms with E-state index in [0.29, 0.717) is 0 Å². The fraction of sp³-hybridized carbons (Fsp3) is 0.104. The van der Waals surface area contributed by atoms with Crippen LogP contribution in [0, 0.1) is 20.8 Å². The van der Waals surface area contributed by atoms with Gasteiger partial charge >= 0.3 is 21.1 Å². The number of pyridine rings is 1. The number of aryl methyl sites for hydroxylation is 3. The Hall–Kier alpha value is -5.75. The van der Waals surface area contributed by atoms with Crippen LogP contribution in [-0.2, 0) is 31.9 Å². The van der Waals surface area contributed by atoms with Crippen molar-refractivity contribution in [2.75, 3.05) is 12.5 Å². The van der Waals surface area contributed by atoms with Crippen molar-refractivity contribution in [3.8, 4) is 44.5 Å². The van der Waals surface area contributed by atoms with Crippen LogP contribution in [0.25, 0.3) is 90.9 Å². The molecule has 0 aliphatic carbocycles. The van der Waals surface area contributed by atoms with Gasteiger partial charge in [-0.25, -0.2) is 9.97 Å². The topological polar surface area (TPSA) is 91.7 Å². The summed E-state index contributed by atoms with van der Waals surface area (Å²) in [5.41, 5.74) is 19.6. The molecule has 7 aromatic rings. The number of fused-ring (bicyclic) bond motifs is 8. The maximum absolute atomic E-state index is 8.08. The van der Waals surface area contributed by atoms with Gasteiger partial charge in [0.2, 0.25) is 0 Å². The molecule has 0 unspecified atom stereocenters. The minimum absolute atomic E-state index is 0. The van der Waals surface area contributed by atoms with Crippen LogP contribution in [0.2, 0.25) is 0 Å². The van der Waals surface area contributed by atoms with Crippen LogP contribution < -0.4 is 0 Å². The Morgan fingerprint density at radius 3 is 1.05 bits per heavy atom. The van der Waals surface area contributed by atoms with Gasteiger partial charge in [-0.3, -0.25) is 9.19 Å². The summed E-state index contributed by atoms with van der Waals surface area (Å²) in [5, 5.41) is 0. The van der Waals surface area contributed by atoms with E-state index in [0.717, 1.165) is 89.4 Å². The first-order valence-corrected chi connectivity index (χ1v) is 20.3. The van der Waals surface area contributed by atoms with Gasteiger partial charge < -0.3 is 9.97 Å². The molecule has 0 saturated carbocycles. The SMILES string of the molecule is CS(C)=[OH+].Cc1ccc(-c2c3nc(c(-c4ccncc4)c4nc(c(-c5ccc(C)cc5)c5ccc([nH]5)c(-c5ccc(C)cc5)c5ccc2[nH]5)C=C4)C=C3)cc1.[Pt+2]. The van der Waals surface area contributed by atoms with Crippen LogP contribution >= 0.6 is 0 Å². The second-order valence-electron chi connectivity index (χ2n) is 14.1. The molecule has 2 aliphatic rings. The summed E-state index contributed by atoms with van der Waals surface area (Å²) in [6.07, 6.45) is 15.6. The van der Waals surface area contributed by atoms with Gasteiger partial charge in [0.15, 0.2) is 10.8 Å². The molecule has 0 atom stereocenters. The smallest absolute Gasteiger partial charge is 0.354 e. The number of H-pyrrole nitrogens is 2. The maximum atomic E-state index is 8.08. The quantitative estimate of drug-likeness (QED) is 0.172. The van der Waals surface area contributed by atoms with Crippen LogP contribution in [0.5, 0.6) is 0 Å². The Labute approximate surface area is 344 Å². The molecule has 2 aliphatic heterocycles. The number of hydrogen-bond donors (Lipinski definition) is 2. The number of aromatic nitrogens is 5. The van der Waals surface area contributed by atoms with E-state index in [4.69, 9.17) is 14.2 Å². The van der Waals surface area contributed by atoms with Gasteiger partial charge in [0.05, 0.1) is 35.3 Å². The molecule has 0 spiro atoms. The van der Waals surface area contributed by atoms with Crippen LogP contribution in [0.1, 0.15) is 39.5 Å². The third-order valence-corrected chi connectivity index (χ3v) is 9.74. The van der Waals surface area contributed by atoms with Crippen LogP contribution in [0.15, 0.2) is 122 Å². The van der Waals surface area contributed by atoms with Gasteiger partial charge in [-0.15, -0.1) is 0 Å². The third-order valence-electron chi connectivity index (χ3n) is 9.74. The van der Waals surface area contributed by atoms with Crippen LogP contribution in [-0.4, -0.2) is 41.6 Å². The number of aromatic amines is 2. The summed E-state index contributed by atoms with van der Waals surface area (Å²) in [7, 11) is -0.361. The average molecular weight is 932 g/mol. The molecule has 3 aromatic carbocycles. The summed E-state index contributed by atoms with van der Waals surface area (Å²) in [5.74, 6) is 0. The molecule has 6 heterocycles. The molecule has 0 fully saturated rings. The van der Waals surface area contributed by atoms with E-state index in [1.807, 2.05) is 24.5 Å². The van der Waals surface area contributed by atoms with E-state index in [-0.39, 0.29) is 31.9 Å². The molecule has 4 aromatic heterocycles. The summed E-state index contributed by atoms with van der Waals surface area (Å²) >= 11 is 0. The predicted molar refractivity (Wildman–Crippen MR) is 234 cm³/mol. The Balaban J connectivity index is 0.000000919. The molecule has 56 heavy (non-hydrogen) atoms. The predicted octanol–water partition coefficient (Wildman–Crippen LogP) is 11.8. The first-order chi connectivity index (χ1) is 26.7. The first-order valence-electron chi connectivity index (χ1n) is 18.3. The molecule has 3 N–H and O–H groups in total. The summed E-state index contributed by atoms with van der Waals surface area (Å²) in [6, 6.07) is 38.9. The van der Waals surface area contributed by atoms with Crippen molar-refractivity contribution in [1.29, 1.82) is 0 Å². The maximum Gasteiger partial charge on any atom is 2.00 e. The van der Waals surface area contributed by atoms with Gasteiger partial charge in [0, 0.05) is 56.7 Å². The van der Waals surface area contributed by atoms with Crippen LogP contribution in [0.3, 0.4) is 0 Å². The summed E-state index contributed by atoms with van der Waals surface area (Å²) in [6.45, 7) is 6.36. The van der Waals surface area contributed by atoms with E-state index in [2.05, 4.69) is 157 Å². The zero-order valence-electron chi connectivity index (χ0n) is 31.9. The largest absolute Gasteiger partial charge is 2.00 e. The van der Waals surface area contributed by atoms with Gasteiger partial charge in [0.1, 0.15) is 0 Å². The van der Waals surface area contributed by atoms with Gasteiger partial charge in [0.25, 0.3) is 0 Å². The Bertz CT molecular complexity index is 2650. The van der Waals surface area contributed by atoms with E-state index >= 15 is 0 Å². The molecule has 0 radical (unpaired) electrons. The zero-order chi connectivity index (χ0) is 38.1. The van der Waals surface area contributed by atoms with Crippen molar-refractivity contribution in [2.24, 2.45) is 0 Å². The second kappa shape index (κ2) is 16.5. The number of nitrogens with one attached hydrogen (secondary N) is 2. The number of rotatable bonds is 4. The first kappa shape index (κ1) is 38.5. The Morgan fingerprint density at radius 2 is 0.696 bits per heavy atom. The molecule has 8 heteroatoms. The molecule has 8 bridgehead atoms. The number of nitrogens with zero attached hydrogens (tertiary/aromatic N) is 3. The number of hydrogen-bond acceptors (Lipinski definition) is 3. The minimum atomic E-state index is -0.361. The van der Waals surface area contributed by atoms with Gasteiger partial charge in [-0.05, 0) is 104 Å². The second-order valence-corrected chi connectivity index (χ2v) is 15.7. The fourth-order valence-corrected chi connectivity index (χ4v) is 7.10. The normalized spacial score (nSPS) is 11.6. The van der Waals surface area contributed by atoms with Crippen molar-refractivity contribution < 1.29 is 25.3 Å². The summed E-state index contributed by atoms with van der Waals surface area (Å²) in [4.78, 5) is 22.7. The minimum Gasteiger partial charge on any atom is -0.354 e. The standard InChI is InChI=1S/C46H35N5.C2H6OS.Pt/c1-28-4-10-31(11-5-28)43-35-16-18-37(48-35)44(32-12-6-29(2)7-13-32)39-20-22-41(50-39)46(34-24-26-47-27-25-34)42-23-21-40(51-42)45(38-19-17-36(43)49-38)33-14-8-30(3)9-15-33;1-4(2)3;/h4-27,48-49H,1-3H3;1-2H3;/q;;+2/p+1. The molecule has 9 rings (SSSR count). The van der Waals surface area contributed by atoms with E-state index in [9.17, 15) is 0 Å². The van der Waals surface area contributed by atoms with E-state index in [1.54, 1.807) is 12.5 Å². The number of benzene rings is 3. The van der Waals surface area contributed by atoms with Crippen molar-refractivity contribution in [3.63, 3.8) is 0 Å². The average Bonchev–Trinajstić information content (AvgIpc) is 4.02. The Morgan fingerprint density at radius 1 is 0.411 bits per heavy atom. The van der Waals surface area contributed by atoms with E-state index in [1.165, 1.54) is 16.7 Å². The van der Waals surface area contributed by atoms with Crippen molar-refractivity contribution in [1.82, 2.24) is 24.9 Å². The third kappa shape index (κ3) is 7.97. The van der Waals surface area contributed by atoms with Gasteiger partial charge in [-0.1, -0.05) is 89.5 Å². The van der Waals surface area contributed by atoms with E-state index < -0.39 is 0 Å². The molecule has 278 valence electrons. The molecular weight excluding hydrogens is 890 g/mol. The van der Waals surface area contributed by atoms with Crippen molar-refractivity contribution in [2.45, 2.75) is 20.8 Å². The molecule has 0 saturated heterocycles. The van der Waals surface area contributed by atoms with Crippen LogP contribution in [0.4, 0.5) is 0 Å². The Kier molecular flexibility index (Phi) is 11.4. The van der Waals surface area contributed by atoms with Crippen molar-refractivity contribution >= 4 is 57.2 Å². The summed E-state index contributed by atoms with van der Waals surface area (Å²) < 4.78 is 8.08. The molecule has 6 nitrogen and oxygen atoms in total. The molecule has 0 amide bonds. The van der Waals surface area contributed by atoms with Crippen molar-refractivity contribution in [3.05, 3.63) is 161 Å². The monoisotopic (exact) mass is 931 g/mol. The van der Waals surface area contributed by atoms with Gasteiger partial charge in [-0.2, -0.15) is 0 Å².